The minimum atomic E-state index is 0.110. The fourth-order valence-electron chi connectivity index (χ4n) is 3.00. The third-order valence-electron chi connectivity index (χ3n) is 4.45. The number of carbonyl (C=O) groups is 1. The summed E-state index contributed by atoms with van der Waals surface area (Å²) in [5, 5.41) is 10.7. The van der Waals surface area contributed by atoms with E-state index in [0.29, 0.717) is 12.5 Å². The largest absolute Gasteiger partial charge is 0.357 e. The summed E-state index contributed by atoms with van der Waals surface area (Å²) in [7, 11) is 0. The molecule has 1 aliphatic heterocycles. The molecule has 0 aliphatic carbocycles. The van der Waals surface area contributed by atoms with Crippen molar-refractivity contribution in [2.24, 2.45) is 4.99 Å². The van der Waals surface area contributed by atoms with Gasteiger partial charge in [-0.2, -0.15) is 11.3 Å². The monoisotopic (exact) mass is 379 g/mol. The topological polar surface area (TPSA) is 60.0 Å². The van der Waals surface area contributed by atoms with E-state index in [9.17, 15) is 4.79 Å². The number of nitrogens with one attached hydrogen (secondary N) is 2. The van der Waals surface area contributed by atoms with Gasteiger partial charge in [-0.05, 0) is 43.2 Å². The standard InChI is InChI=1S/C19H33N5OS/c1-5-20-19(21-12-16(4)17-6-11-26-14-17)24-9-7-23(8-10-24)13-18(25)22-15(2)3/h6,11,14-16H,5,7-10,12-13H2,1-4H3,(H,20,21)(H,22,25). The molecule has 7 heteroatoms. The number of thiophene rings is 1. The maximum Gasteiger partial charge on any atom is 0.234 e. The number of amides is 1. The molecule has 6 nitrogen and oxygen atoms in total. The first-order valence-corrected chi connectivity index (χ1v) is 10.5. The first-order valence-electron chi connectivity index (χ1n) is 9.56. The second-order valence-corrected chi connectivity index (χ2v) is 7.92. The predicted octanol–water partition coefficient (Wildman–Crippen LogP) is 1.96. The number of nitrogens with zero attached hydrogens (tertiary/aromatic N) is 3. The number of hydrogen-bond acceptors (Lipinski definition) is 4. The van der Waals surface area contributed by atoms with Crippen molar-refractivity contribution in [2.75, 3.05) is 45.8 Å². The molecule has 2 rings (SSSR count). The number of hydrogen-bond donors (Lipinski definition) is 2. The molecule has 2 heterocycles. The van der Waals surface area contributed by atoms with Crippen LogP contribution in [-0.4, -0.2) is 73.5 Å². The number of guanidine groups is 1. The minimum absolute atomic E-state index is 0.110. The highest BCUT2D eigenvalue weighted by Crippen LogP contribution is 2.18. The zero-order chi connectivity index (χ0) is 18.9. The summed E-state index contributed by atoms with van der Waals surface area (Å²) in [6, 6.07) is 2.38. The summed E-state index contributed by atoms with van der Waals surface area (Å²) >= 11 is 1.74. The third-order valence-corrected chi connectivity index (χ3v) is 5.15. The Morgan fingerprint density at radius 3 is 2.58 bits per heavy atom. The van der Waals surface area contributed by atoms with Gasteiger partial charge in [-0.1, -0.05) is 6.92 Å². The lowest BCUT2D eigenvalue weighted by Gasteiger charge is -2.36. The number of aliphatic imine (C=N–C) groups is 1. The second-order valence-electron chi connectivity index (χ2n) is 7.14. The van der Waals surface area contributed by atoms with E-state index in [1.54, 1.807) is 11.3 Å². The van der Waals surface area contributed by atoms with E-state index in [4.69, 9.17) is 4.99 Å². The molecule has 0 spiro atoms. The van der Waals surface area contributed by atoms with E-state index in [1.165, 1.54) is 5.56 Å². The van der Waals surface area contributed by atoms with Crippen molar-refractivity contribution >= 4 is 23.2 Å². The lowest BCUT2D eigenvalue weighted by Crippen LogP contribution is -2.54. The van der Waals surface area contributed by atoms with Crippen LogP contribution in [0.5, 0.6) is 0 Å². The van der Waals surface area contributed by atoms with Crippen molar-refractivity contribution in [1.82, 2.24) is 20.4 Å². The van der Waals surface area contributed by atoms with Gasteiger partial charge in [0, 0.05) is 51.2 Å². The molecule has 2 N–H and O–H groups in total. The smallest absolute Gasteiger partial charge is 0.234 e. The highest BCUT2D eigenvalue weighted by Gasteiger charge is 2.21. The molecule has 1 aromatic rings. The summed E-state index contributed by atoms with van der Waals surface area (Å²) < 4.78 is 0. The maximum absolute atomic E-state index is 11.9. The number of rotatable bonds is 7. The molecule has 1 aromatic heterocycles. The summed E-state index contributed by atoms with van der Waals surface area (Å²) in [6.07, 6.45) is 0. The zero-order valence-corrected chi connectivity index (χ0v) is 17.3. The van der Waals surface area contributed by atoms with Crippen molar-refractivity contribution in [3.05, 3.63) is 22.4 Å². The van der Waals surface area contributed by atoms with Crippen molar-refractivity contribution in [3.8, 4) is 0 Å². The van der Waals surface area contributed by atoms with E-state index in [0.717, 1.165) is 45.2 Å². The Morgan fingerprint density at radius 2 is 2.00 bits per heavy atom. The molecule has 0 radical (unpaired) electrons. The van der Waals surface area contributed by atoms with Gasteiger partial charge in [0.25, 0.3) is 0 Å². The molecule has 0 bridgehead atoms. The average molecular weight is 380 g/mol. The molecule has 1 aliphatic rings. The third kappa shape index (κ3) is 6.61. The van der Waals surface area contributed by atoms with Gasteiger partial charge in [0.05, 0.1) is 6.54 Å². The minimum Gasteiger partial charge on any atom is -0.357 e. The van der Waals surface area contributed by atoms with Crippen LogP contribution in [0.2, 0.25) is 0 Å². The summed E-state index contributed by atoms with van der Waals surface area (Å²) in [4.78, 5) is 21.3. The molecular formula is C19H33N5OS. The summed E-state index contributed by atoms with van der Waals surface area (Å²) in [6.45, 7) is 14.0. The fraction of sp³-hybridized carbons (Fsp3) is 0.684. The normalized spacial score (nSPS) is 17.4. The SMILES string of the molecule is CCNC(=NCC(C)c1ccsc1)N1CCN(CC(=O)NC(C)C)CC1. The van der Waals surface area contributed by atoms with Gasteiger partial charge in [0.15, 0.2) is 5.96 Å². The summed E-state index contributed by atoms with van der Waals surface area (Å²) in [5.41, 5.74) is 1.36. The predicted molar refractivity (Wildman–Crippen MR) is 110 cm³/mol. The fourth-order valence-corrected chi connectivity index (χ4v) is 3.78. The van der Waals surface area contributed by atoms with Gasteiger partial charge in [-0.3, -0.25) is 14.7 Å². The van der Waals surface area contributed by atoms with Gasteiger partial charge in [-0.15, -0.1) is 0 Å². The Bertz CT molecular complexity index is 564. The van der Waals surface area contributed by atoms with E-state index in [2.05, 4.69) is 51.1 Å². The van der Waals surface area contributed by atoms with Crippen LogP contribution in [0.1, 0.15) is 39.2 Å². The van der Waals surface area contributed by atoms with E-state index >= 15 is 0 Å². The Morgan fingerprint density at radius 1 is 1.27 bits per heavy atom. The van der Waals surface area contributed by atoms with Crippen LogP contribution in [0.4, 0.5) is 0 Å². The average Bonchev–Trinajstić information content (AvgIpc) is 3.13. The number of carbonyl (C=O) groups excluding carboxylic acids is 1. The zero-order valence-electron chi connectivity index (χ0n) is 16.5. The van der Waals surface area contributed by atoms with Crippen molar-refractivity contribution in [1.29, 1.82) is 0 Å². The molecule has 1 fully saturated rings. The molecule has 1 unspecified atom stereocenters. The van der Waals surface area contributed by atoms with Crippen LogP contribution in [0.25, 0.3) is 0 Å². The molecule has 1 amide bonds. The van der Waals surface area contributed by atoms with Crippen LogP contribution in [0.15, 0.2) is 21.8 Å². The van der Waals surface area contributed by atoms with Gasteiger partial charge in [0.1, 0.15) is 0 Å². The lowest BCUT2D eigenvalue weighted by molar-refractivity contribution is -0.123. The first kappa shape index (κ1) is 20.7. The molecule has 146 valence electrons. The van der Waals surface area contributed by atoms with Crippen LogP contribution in [-0.2, 0) is 4.79 Å². The van der Waals surface area contributed by atoms with Gasteiger partial charge >= 0.3 is 0 Å². The molecular weight excluding hydrogens is 346 g/mol. The highest BCUT2D eigenvalue weighted by molar-refractivity contribution is 7.07. The van der Waals surface area contributed by atoms with Gasteiger partial charge < -0.3 is 15.5 Å². The highest BCUT2D eigenvalue weighted by atomic mass is 32.1. The Labute approximate surface area is 161 Å². The van der Waals surface area contributed by atoms with E-state index < -0.39 is 0 Å². The van der Waals surface area contributed by atoms with Crippen LogP contribution in [0.3, 0.4) is 0 Å². The Hall–Kier alpha value is -1.60. The molecule has 1 saturated heterocycles. The molecule has 26 heavy (non-hydrogen) atoms. The Balaban J connectivity index is 1.85. The van der Waals surface area contributed by atoms with Crippen molar-refractivity contribution in [3.63, 3.8) is 0 Å². The number of piperazine rings is 1. The van der Waals surface area contributed by atoms with Crippen LogP contribution >= 0.6 is 11.3 Å². The summed E-state index contributed by atoms with van der Waals surface area (Å²) in [5.74, 6) is 1.52. The van der Waals surface area contributed by atoms with Crippen LogP contribution in [0, 0.1) is 0 Å². The van der Waals surface area contributed by atoms with E-state index in [1.807, 2.05) is 13.8 Å². The van der Waals surface area contributed by atoms with Crippen molar-refractivity contribution < 1.29 is 4.79 Å². The van der Waals surface area contributed by atoms with Crippen LogP contribution < -0.4 is 10.6 Å². The Kier molecular flexibility index (Phi) is 8.38. The second kappa shape index (κ2) is 10.5. The van der Waals surface area contributed by atoms with E-state index in [-0.39, 0.29) is 11.9 Å². The molecule has 1 atom stereocenters. The first-order chi connectivity index (χ1) is 12.5. The lowest BCUT2D eigenvalue weighted by atomic mass is 10.1. The maximum atomic E-state index is 11.9. The molecule has 0 saturated carbocycles. The van der Waals surface area contributed by atoms with Gasteiger partial charge in [-0.25, -0.2) is 0 Å². The quantitative estimate of drug-likeness (QED) is 0.562. The van der Waals surface area contributed by atoms with Crippen molar-refractivity contribution in [2.45, 2.75) is 39.7 Å². The van der Waals surface area contributed by atoms with Gasteiger partial charge in [0.2, 0.25) is 5.91 Å². The molecule has 0 aromatic carbocycles.